The Morgan fingerprint density at radius 2 is 1.84 bits per heavy atom. The van der Waals surface area contributed by atoms with Gasteiger partial charge in [-0.2, -0.15) is 0 Å². The van der Waals surface area contributed by atoms with Crippen molar-refractivity contribution in [3.63, 3.8) is 0 Å². The van der Waals surface area contributed by atoms with Crippen molar-refractivity contribution in [2.45, 2.75) is 26.5 Å². The summed E-state index contributed by atoms with van der Waals surface area (Å²) in [7, 11) is 1.66. The standard InChI is InChI=1S/C24H30N4O3.HI/c1-3-25-24(26-14-7-15-30-17-19-10-12-22(29-2)13-11-19)27-16-21-18-31-23(28-21)20-8-5-4-6-9-20;/h4-6,8-13,18H,3,7,14-17H2,1-2H3,(H2,25,26,27);1H. The summed E-state index contributed by atoms with van der Waals surface area (Å²) in [5.74, 6) is 2.21. The highest BCUT2D eigenvalue weighted by Crippen LogP contribution is 2.18. The summed E-state index contributed by atoms with van der Waals surface area (Å²) in [6.07, 6.45) is 2.53. The number of aliphatic imine (C=N–C) groups is 1. The number of halogens is 1. The van der Waals surface area contributed by atoms with Gasteiger partial charge < -0.3 is 24.5 Å². The Labute approximate surface area is 206 Å². The zero-order valence-electron chi connectivity index (χ0n) is 18.5. The molecule has 0 fully saturated rings. The van der Waals surface area contributed by atoms with Gasteiger partial charge in [0.2, 0.25) is 5.89 Å². The molecule has 0 aliphatic carbocycles. The van der Waals surface area contributed by atoms with Crippen LogP contribution < -0.4 is 15.4 Å². The van der Waals surface area contributed by atoms with Crippen LogP contribution in [0.2, 0.25) is 0 Å². The van der Waals surface area contributed by atoms with Crippen LogP contribution in [0.3, 0.4) is 0 Å². The van der Waals surface area contributed by atoms with Crippen molar-refractivity contribution in [2.24, 2.45) is 4.99 Å². The van der Waals surface area contributed by atoms with E-state index in [1.54, 1.807) is 13.4 Å². The molecule has 8 heteroatoms. The van der Waals surface area contributed by atoms with Gasteiger partial charge in [0, 0.05) is 25.3 Å². The van der Waals surface area contributed by atoms with E-state index in [0.29, 0.717) is 25.6 Å². The van der Waals surface area contributed by atoms with Crippen LogP contribution in [0.1, 0.15) is 24.6 Å². The monoisotopic (exact) mass is 550 g/mol. The second kappa shape index (κ2) is 14.5. The van der Waals surface area contributed by atoms with Crippen molar-refractivity contribution in [3.8, 4) is 17.2 Å². The molecule has 3 aromatic rings. The van der Waals surface area contributed by atoms with Crippen LogP contribution in [-0.4, -0.2) is 37.7 Å². The van der Waals surface area contributed by atoms with E-state index in [9.17, 15) is 0 Å². The molecular weight excluding hydrogens is 519 g/mol. The molecule has 0 atom stereocenters. The first-order chi connectivity index (χ1) is 15.3. The predicted molar refractivity (Wildman–Crippen MR) is 137 cm³/mol. The van der Waals surface area contributed by atoms with Gasteiger partial charge in [-0.25, -0.2) is 9.98 Å². The zero-order valence-corrected chi connectivity index (χ0v) is 20.9. The van der Waals surface area contributed by atoms with E-state index in [1.807, 2.05) is 61.5 Å². The van der Waals surface area contributed by atoms with Crippen molar-refractivity contribution in [3.05, 3.63) is 72.1 Å². The second-order valence-electron chi connectivity index (χ2n) is 6.89. The summed E-state index contributed by atoms with van der Waals surface area (Å²) in [4.78, 5) is 9.11. The number of hydrogen-bond acceptors (Lipinski definition) is 5. The number of oxazole rings is 1. The summed E-state index contributed by atoms with van der Waals surface area (Å²) in [5.41, 5.74) is 2.88. The fourth-order valence-corrected chi connectivity index (χ4v) is 2.89. The normalized spacial score (nSPS) is 11.0. The maximum atomic E-state index is 5.75. The molecule has 2 N–H and O–H groups in total. The fraction of sp³-hybridized carbons (Fsp3) is 0.333. The third kappa shape index (κ3) is 8.51. The molecule has 0 aliphatic heterocycles. The van der Waals surface area contributed by atoms with Crippen LogP contribution in [0.4, 0.5) is 0 Å². The number of nitrogens with zero attached hydrogens (tertiary/aromatic N) is 2. The molecule has 0 amide bonds. The van der Waals surface area contributed by atoms with Crippen molar-refractivity contribution >= 4 is 29.9 Å². The Balaban J connectivity index is 0.00000363. The molecule has 32 heavy (non-hydrogen) atoms. The lowest BCUT2D eigenvalue weighted by Crippen LogP contribution is -2.38. The minimum atomic E-state index is 0. The summed E-state index contributed by atoms with van der Waals surface area (Å²) in [6, 6.07) is 17.8. The van der Waals surface area contributed by atoms with Crippen LogP contribution in [0.25, 0.3) is 11.5 Å². The number of aromatic nitrogens is 1. The first-order valence-corrected chi connectivity index (χ1v) is 10.5. The lowest BCUT2D eigenvalue weighted by molar-refractivity contribution is 0.119. The number of guanidine groups is 1. The molecule has 1 aromatic heterocycles. The molecule has 0 unspecified atom stereocenters. The van der Waals surface area contributed by atoms with Gasteiger partial charge in [0.15, 0.2) is 5.96 Å². The van der Waals surface area contributed by atoms with Gasteiger partial charge in [-0.1, -0.05) is 30.3 Å². The van der Waals surface area contributed by atoms with E-state index in [4.69, 9.17) is 13.9 Å². The van der Waals surface area contributed by atoms with Gasteiger partial charge in [0.05, 0.1) is 20.3 Å². The molecule has 172 valence electrons. The summed E-state index contributed by atoms with van der Waals surface area (Å²) in [5, 5.41) is 6.57. The Hall–Kier alpha value is -2.59. The first kappa shape index (κ1) is 25.7. The highest BCUT2D eigenvalue weighted by Gasteiger charge is 2.06. The third-order valence-electron chi connectivity index (χ3n) is 4.50. The second-order valence-corrected chi connectivity index (χ2v) is 6.89. The maximum Gasteiger partial charge on any atom is 0.226 e. The lowest BCUT2D eigenvalue weighted by atomic mass is 10.2. The van der Waals surface area contributed by atoms with Crippen molar-refractivity contribution in [1.29, 1.82) is 0 Å². The van der Waals surface area contributed by atoms with E-state index >= 15 is 0 Å². The average molecular weight is 550 g/mol. The van der Waals surface area contributed by atoms with Crippen LogP contribution in [-0.2, 0) is 17.9 Å². The van der Waals surface area contributed by atoms with Gasteiger partial charge in [0.1, 0.15) is 17.7 Å². The molecule has 0 radical (unpaired) electrons. The maximum absolute atomic E-state index is 5.75. The molecule has 2 aromatic carbocycles. The molecule has 0 spiro atoms. The van der Waals surface area contributed by atoms with E-state index in [1.165, 1.54) is 0 Å². The van der Waals surface area contributed by atoms with Crippen LogP contribution in [0, 0.1) is 0 Å². The van der Waals surface area contributed by atoms with E-state index < -0.39 is 0 Å². The molecule has 3 rings (SSSR count). The fourth-order valence-electron chi connectivity index (χ4n) is 2.89. The Kier molecular flexibility index (Phi) is 11.6. The Morgan fingerprint density at radius 3 is 2.56 bits per heavy atom. The SMILES string of the molecule is CCNC(=NCc1coc(-c2ccccc2)n1)NCCCOCc1ccc(OC)cc1.I. The number of hydrogen-bond donors (Lipinski definition) is 2. The molecule has 0 saturated carbocycles. The highest BCUT2D eigenvalue weighted by molar-refractivity contribution is 14.0. The van der Waals surface area contributed by atoms with Gasteiger partial charge in [-0.05, 0) is 43.2 Å². The van der Waals surface area contributed by atoms with Crippen molar-refractivity contribution < 1.29 is 13.9 Å². The molecule has 1 heterocycles. The van der Waals surface area contributed by atoms with Crippen molar-refractivity contribution in [2.75, 3.05) is 26.8 Å². The topological polar surface area (TPSA) is 80.9 Å². The number of methoxy groups -OCH3 is 1. The quantitative estimate of drug-likeness (QED) is 0.157. The van der Waals surface area contributed by atoms with Crippen LogP contribution in [0.5, 0.6) is 5.75 Å². The zero-order chi connectivity index (χ0) is 21.7. The van der Waals surface area contributed by atoms with Gasteiger partial charge >= 0.3 is 0 Å². The van der Waals surface area contributed by atoms with Gasteiger partial charge in [0.25, 0.3) is 0 Å². The number of nitrogens with one attached hydrogen (secondary N) is 2. The van der Waals surface area contributed by atoms with E-state index in [0.717, 1.165) is 48.0 Å². The smallest absolute Gasteiger partial charge is 0.226 e. The van der Waals surface area contributed by atoms with E-state index in [2.05, 4.69) is 20.6 Å². The van der Waals surface area contributed by atoms with E-state index in [-0.39, 0.29) is 24.0 Å². The third-order valence-corrected chi connectivity index (χ3v) is 4.50. The van der Waals surface area contributed by atoms with Gasteiger partial charge in [-0.3, -0.25) is 0 Å². The molecule has 7 nitrogen and oxygen atoms in total. The summed E-state index contributed by atoms with van der Waals surface area (Å²) >= 11 is 0. The first-order valence-electron chi connectivity index (χ1n) is 10.5. The number of benzene rings is 2. The highest BCUT2D eigenvalue weighted by atomic mass is 127. The largest absolute Gasteiger partial charge is 0.497 e. The Morgan fingerprint density at radius 1 is 1.06 bits per heavy atom. The number of ether oxygens (including phenoxy) is 2. The van der Waals surface area contributed by atoms with Gasteiger partial charge in [-0.15, -0.1) is 24.0 Å². The Bertz CT molecular complexity index is 930. The number of rotatable bonds is 11. The lowest BCUT2D eigenvalue weighted by Gasteiger charge is -2.11. The molecular formula is C24H31IN4O3. The summed E-state index contributed by atoms with van der Waals surface area (Å²) in [6.45, 7) is 5.30. The van der Waals surface area contributed by atoms with Crippen LogP contribution >= 0.6 is 24.0 Å². The molecule has 0 aliphatic rings. The minimum absolute atomic E-state index is 0. The average Bonchev–Trinajstić information content (AvgIpc) is 3.30. The minimum Gasteiger partial charge on any atom is -0.497 e. The van der Waals surface area contributed by atoms with Crippen LogP contribution in [0.15, 0.2) is 70.3 Å². The molecule has 0 saturated heterocycles. The molecule has 0 bridgehead atoms. The predicted octanol–water partition coefficient (Wildman–Crippen LogP) is 4.63. The van der Waals surface area contributed by atoms with Crippen molar-refractivity contribution in [1.82, 2.24) is 15.6 Å². The summed E-state index contributed by atoms with van der Waals surface area (Å²) < 4.78 is 16.5.